The highest BCUT2D eigenvalue weighted by Gasteiger charge is 2.43. The topological polar surface area (TPSA) is 15.6 Å². The zero-order valence-corrected chi connectivity index (χ0v) is 10.4. The van der Waals surface area contributed by atoms with Gasteiger partial charge in [-0.2, -0.15) is 0 Å². The number of hydrogen-bond donors (Lipinski definition) is 0. The van der Waals surface area contributed by atoms with Gasteiger partial charge >= 0.3 is 0 Å². The van der Waals surface area contributed by atoms with Gasteiger partial charge in [0.25, 0.3) is 0 Å². The van der Waals surface area contributed by atoms with Gasteiger partial charge in [0.05, 0.1) is 0 Å². The number of aliphatic imine (C=N–C) groups is 1. The SMILES string of the molecule is BC1(C)CCC2C(C1)S/C(=N\C)N2C. The normalized spacial score (nSPS) is 45.6. The molecule has 78 valence electrons. The van der Waals surface area contributed by atoms with Gasteiger partial charge in [-0.1, -0.05) is 30.4 Å². The second kappa shape index (κ2) is 3.48. The first kappa shape index (κ1) is 10.4. The molecule has 0 spiro atoms. The Morgan fingerprint density at radius 2 is 2.36 bits per heavy atom. The maximum Gasteiger partial charge on any atom is 0.159 e. The summed E-state index contributed by atoms with van der Waals surface area (Å²) in [4.78, 5) is 6.73. The molecule has 0 radical (unpaired) electrons. The number of thioether (sulfide) groups is 1. The molecule has 0 N–H and O–H groups in total. The van der Waals surface area contributed by atoms with Crippen LogP contribution < -0.4 is 0 Å². The molecule has 1 heterocycles. The van der Waals surface area contributed by atoms with Crippen molar-refractivity contribution in [3.05, 3.63) is 0 Å². The molecule has 0 amide bonds. The maximum atomic E-state index is 4.35. The lowest BCUT2D eigenvalue weighted by Gasteiger charge is -2.38. The fourth-order valence-electron chi connectivity index (χ4n) is 2.64. The van der Waals surface area contributed by atoms with E-state index in [1.165, 1.54) is 24.4 Å². The zero-order chi connectivity index (χ0) is 10.3. The highest BCUT2D eigenvalue weighted by molar-refractivity contribution is 8.14. The van der Waals surface area contributed by atoms with Crippen molar-refractivity contribution in [2.75, 3.05) is 14.1 Å². The van der Waals surface area contributed by atoms with E-state index < -0.39 is 0 Å². The number of nitrogens with zero attached hydrogens (tertiary/aromatic N) is 2. The van der Waals surface area contributed by atoms with E-state index in [0.29, 0.717) is 5.31 Å². The summed E-state index contributed by atoms with van der Waals surface area (Å²) in [6, 6.07) is 0.742. The lowest BCUT2D eigenvalue weighted by Crippen LogP contribution is -2.39. The summed E-state index contributed by atoms with van der Waals surface area (Å²) in [6.45, 7) is 2.39. The third-order valence-electron chi connectivity index (χ3n) is 3.55. The largest absolute Gasteiger partial charge is 0.350 e. The lowest BCUT2D eigenvalue weighted by atomic mass is 9.60. The van der Waals surface area contributed by atoms with Crippen molar-refractivity contribution in [3.8, 4) is 0 Å². The summed E-state index contributed by atoms with van der Waals surface area (Å²) in [7, 11) is 6.49. The molecule has 0 bridgehead atoms. The number of hydrogen-bond acceptors (Lipinski definition) is 2. The minimum atomic E-state index is 0.540. The average molecular weight is 210 g/mol. The summed E-state index contributed by atoms with van der Waals surface area (Å²) >= 11 is 1.98. The zero-order valence-electron chi connectivity index (χ0n) is 9.58. The van der Waals surface area contributed by atoms with Crippen molar-refractivity contribution >= 4 is 24.8 Å². The average Bonchev–Trinajstić information content (AvgIpc) is 2.40. The second-order valence-electron chi connectivity index (χ2n) is 5.25. The van der Waals surface area contributed by atoms with Crippen LogP contribution in [0.2, 0.25) is 5.31 Å². The summed E-state index contributed by atoms with van der Waals surface area (Å²) < 4.78 is 0. The highest BCUT2D eigenvalue weighted by atomic mass is 32.2. The maximum absolute atomic E-state index is 4.35. The minimum Gasteiger partial charge on any atom is -0.350 e. The Labute approximate surface area is 91.9 Å². The van der Waals surface area contributed by atoms with Gasteiger partial charge in [0.1, 0.15) is 7.85 Å². The molecule has 4 heteroatoms. The Bertz CT molecular complexity index is 265. The molecule has 1 aliphatic heterocycles. The Hall–Kier alpha value is -0.115. The molecule has 1 aliphatic carbocycles. The van der Waals surface area contributed by atoms with Crippen LogP contribution in [-0.4, -0.2) is 43.3 Å². The van der Waals surface area contributed by atoms with Crippen LogP contribution in [0.5, 0.6) is 0 Å². The highest BCUT2D eigenvalue weighted by Crippen LogP contribution is 2.48. The fraction of sp³-hybridized carbons (Fsp3) is 0.900. The minimum absolute atomic E-state index is 0.540. The van der Waals surface area contributed by atoms with Crippen molar-refractivity contribution in [3.63, 3.8) is 0 Å². The summed E-state index contributed by atoms with van der Waals surface area (Å²) in [6.07, 6.45) is 4.03. The van der Waals surface area contributed by atoms with Crippen LogP contribution in [-0.2, 0) is 0 Å². The van der Waals surface area contributed by atoms with Crippen molar-refractivity contribution in [1.82, 2.24) is 4.90 Å². The van der Waals surface area contributed by atoms with Crippen molar-refractivity contribution in [1.29, 1.82) is 0 Å². The molecule has 3 unspecified atom stereocenters. The van der Waals surface area contributed by atoms with Gasteiger partial charge in [-0.25, -0.2) is 0 Å². The van der Waals surface area contributed by atoms with E-state index in [-0.39, 0.29) is 0 Å². The molecule has 2 rings (SSSR count). The smallest absolute Gasteiger partial charge is 0.159 e. The van der Waals surface area contributed by atoms with Gasteiger partial charge in [0.15, 0.2) is 5.17 Å². The van der Waals surface area contributed by atoms with Crippen LogP contribution in [0.4, 0.5) is 0 Å². The first-order valence-electron chi connectivity index (χ1n) is 5.40. The number of fused-ring (bicyclic) bond motifs is 1. The van der Waals surface area contributed by atoms with Crippen LogP contribution in [0.1, 0.15) is 26.2 Å². The lowest BCUT2D eigenvalue weighted by molar-refractivity contribution is 0.269. The van der Waals surface area contributed by atoms with Crippen LogP contribution in [0.25, 0.3) is 0 Å². The molecule has 3 atom stereocenters. The Balaban J connectivity index is 2.14. The van der Waals surface area contributed by atoms with E-state index in [1.54, 1.807) is 0 Å². The van der Waals surface area contributed by atoms with Crippen molar-refractivity contribution in [2.24, 2.45) is 4.99 Å². The Kier molecular flexibility index (Phi) is 2.58. The third-order valence-corrected chi connectivity index (χ3v) is 5.01. The number of amidine groups is 1. The predicted octanol–water partition coefficient (Wildman–Crippen LogP) is 1.38. The van der Waals surface area contributed by atoms with E-state index in [4.69, 9.17) is 0 Å². The van der Waals surface area contributed by atoms with Gasteiger partial charge in [0.2, 0.25) is 0 Å². The van der Waals surface area contributed by atoms with Gasteiger partial charge < -0.3 is 4.90 Å². The molecule has 0 aromatic rings. The molecule has 1 saturated heterocycles. The van der Waals surface area contributed by atoms with E-state index >= 15 is 0 Å². The molecular weight excluding hydrogens is 191 g/mol. The first-order chi connectivity index (χ1) is 6.53. The van der Waals surface area contributed by atoms with Crippen LogP contribution in [0.15, 0.2) is 4.99 Å². The monoisotopic (exact) mass is 210 g/mol. The molecule has 2 aliphatic rings. The van der Waals surface area contributed by atoms with Gasteiger partial charge in [0, 0.05) is 25.4 Å². The van der Waals surface area contributed by atoms with Crippen molar-refractivity contribution < 1.29 is 0 Å². The van der Waals surface area contributed by atoms with Crippen LogP contribution in [0, 0.1) is 0 Å². The summed E-state index contributed by atoms with van der Waals surface area (Å²) in [5.74, 6) is 0. The molecule has 0 aromatic carbocycles. The van der Waals surface area contributed by atoms with E-state index in [0.717, 1.165) is 11.3 Å². The molecule has 0 aromatic heterocycles. The molecule has 2 fully saturated rings. The fourth-order valence-corrected chi connectivity index (χ4v) is 4.33. The summed E-state index contributed by atoms with van der Waals surface area (Å²) in [5, 5.41) is 2.55. The van der Waals surface area contributed by atoms with Crippen molar-refractivity contribution in [2.45, 2.75) is 42.8 Å². The molecule has 14 heavy (non-hydrogen) atoms. The molecule has 1 saturated carbocycles. The standard InChI is InChI=1S/C10H19BN2S/c1-10(11)5-4-7-8(6-10)14-9(12-2)13(7)3/h7-8H,4-6,11H2,1-3H3/b12-9-. The first-order valence-corrected chi connectivity index (χ1v) is 6.28. The molecular formula is C10H19BN2S. The number of rotatable bonds is 0. The molecule has 2 nitrogen and oxygen atoms in total. The van der Waals surface area contributed by atoms with Gasteiger partial charge in [-0.15, -0.1) is 0 Å². The van der Waals surface area contributed by atoms with Crippen LogP contribution >= 0.6 is 11.8 Å². The van der Waals surface area contributed by atoms with E-state index in [9.17, 15) is 0 Å². The van der Waals surface area contributed by atoms with Crippen LogP contribution in [0.3, 0.4) is 0 Å². The van der Waals surface area contributed by atoms with E-state index in [1.807, 2.05) is 18.8 Å². The Morgan fingerprint density at radius 3 is 3.00 bits per heavy atom. The van der Waals surface area contributed by atoms with Gasteiger partial charge in [-0.3, -0.25) is 4.99 Å². The Morgan fingerprint density at radius 1 is 1.64 bits per heavy atom. The predicted molar refractivity (Wildman–Crippen MR) is 67.1 cm³/mol. The second-order valence-corrected chi connectivity index (χ2v) is 6.45. The van der Waals surface area contributed by atoms with Gasteiger partial charge in [-0.05, 0) is 12.8 Å². The summed E-state index contributed by atoms with van der Waals surface area (Å²) in [5.41, 5.74) is 0. The quantitative estimate of drug-likeness (QED) is 0.561. The third kappa shape index (κ3) is 1.69. The van der Waals surface area contributed by atoms with E-state index in [2.05, 4.69) is 31.7 Å².